The fraction of sp³-hybridized carbons (Fsp3) is 0.400. The van der Waals surface area contributed by atoms with E-state index in [2.05, 4.69) is 15.9 Å². The molecule has 0 spiro atoms. The molecule has 0 fully saturated rings. The number of rotatable bonds is 3. The van der Waals surface area contributed by atoms with Crippen molar-refractivity contribution < 1.29 is 13.5 Å². The topological polar surface area (TPSA) is 9.23 Å². The summed E-state index contributed by atoms with van der Waals surface area (Å²) in [6, 6.07) is 5.74. The van der Waals surface area contributed by atoms with Gasteiger partial charge in [-0.25, -0.2) is 0 Å². The van der Waals surface area contributed by atoms with Crippen LogP contribution in [0.4, 0.5) is 8.78 Å². The van der Waals surface area contributed by atoms with E-state index in [-0.39, 0.29) is 11.7 Å². The van der Waals surface area contributed by atoms with E-state index in [9.17, 15) is 8.78 Å². The zero-order chi connectivity index (χ0) is 10.8. The monoisotopic (exact) mass is 264 g/mol. The van der Waals surface area contributed by atoms with Gasteiger partial charge in [0.05, 0.1) is 6.10 Å². The van der Waals surface area contributed by atoms with Gasteiger partial charge in [0.25, 0.3) is 0 Å². The van der Waals surface area contributed by atoms with Crippen LogP contribution in [0.15, 0.2) is 24.3 Å². The molecule has 0 heterocycles. The van der Waals surface area contributed by atoms with Gasteiger partial charge in [-0.1, -0.05) is 0 Å². The number of ether oxygens (including phenoxy) is 1. The van der Waals surface area contributed by atoms with Crippen LogP contribution in [0.2, 0.25) is 0 Å². The van der Waals surface area contributed by atoms with E-state index < -0.39 is 4.83 Å². The fourth-order valence-electron chi connectivity index (χ4n) is 0.995. The summed E-state index contributed by atoms with van der Waals surface area (Å²) in [5, 5.41) is 0. The first-order valence-corrected chi connectivity index (χ1v) is 5.03. The second-order valence-electron chi connectivity index (χ2n) is 3.19. The fourth-order valence-corrected chi connectivity index (χ4v) is 1.26. The summed E-state index contributed by atoms with van der Waals surface area (Å²) in [7, 11) is 0. The van der Waals surface area contributed by atoms with Crippen LogP contribution in [0.25, 0.3) is 0 Å². The molecule has 0 aliphatic carbocycles. The van der Waals surface area contributed by atoms with Gasteiger partial charge < -0.3 is 4.74 Å². The van der Waals surface area contributed by atoms with Crippen molar-refractivity contribution in [3.63, 3.8) is 0 Å². The number of hydrogen-bond acceptors (Lipinski definition) is 1. The molecule has 0 aliphatic heterocycles. The molecule has 0 unspecified atom stereocenters. The highest BCUT2D eigenvalue weighted by Crippen LogP contribution is 2.35. The molecule has 0 aromatic heterocycles. The van der Waals surface area contributed by atoms with Gasteiger partial charge in [-0.3, -0.25) is 0 Å². The maximum absolute atomic E-state index is 12.7. The lowest BCUT2D eigenvalue weighted by atomic mass is 10.2. The van der Waals surface area contributed by atoms with Gasteiger partial charge in [-0.2, -0.15) is 8.78 Å². The Kier molecular flexibility index (Phi) is 3.48. The van der Waals surface area contributed by atoms with Crippen molar-refractivity contribution in [3.8, 4) is 5.75 Å². The molecule has 0 aliphatic rings. The van der Waals surface area contributed by atoms with E-state index in [1.165, 1.54) is 24.3 Å². The van der Waals surface area contributed by atoms with Crippen molar-refractivity contribution in [1.29, 1.82) is 0 Å². The van der Waals surface area contributed by atoms with E-state index in [1.807, 2.05) is 13.8 Å². The molecule has 1 rings (SSSR count). The van der Waals surface area contributed by atoms with Gasteiger partial charge in [0.1, 0.15) is 5.75 Å². The Bertz CT molecular complexity index is 290. The van der Waals surface area contributed by atoms with Crippen LogP contribution in [0.5, 0.6) is 5.75 Å². The molecule has 0 N–H and O–H groups in total. The molecule has 0 bridgehead atoms. The molecule has 78 valence electrons. The third-order valence-electron chi connectivity index (χ3n) is 1.55. The number of alkyl halides is 3. The van der Waals surface area contributed by atoms with Crippen molar-refractivity contribution in [2.24, 2.45) is 0 Å². The summed E-state index contributed by atoms with van der Waals surface area (Å²) < 4.78 is 30.8. The van der Waals surface area contributed by atoms with Crippen molar-refractivity contribution in [2.45, 2.75) is 24.8 Å². The SMILES string of the molecule is CC(C)Oc1ccc(C(F)(F)Br)cc1. The summed E-state index contributed by atoms with van der Waals surface area (Å²) in [5.41, 5.74) is -0.0754. The van der Waals surface area contributed by atoms with Gasteiger partial charge in [0, 0.05) is 5.56 Å². The molecular formula is C10H11BrF2O. The van der Waals surface area contributed by atoms with Crippen LogP contribution in [0, 0.1) is 0 Å². The van der Waals surface area contributed by atoms with E-state index in [4.69, 9.17) is 4.74 Å². The lowest BCUT2D eigenvalue weighted by Crippen LogP contribution is -2.06. The van der Waals surface area contributed by atoms with Crippen molar-refractivity contribution in [3.05, 3.63) is 29.8 Å². The lowest BCUT2D eigenvalue weighted by Gasteiger charge is -2.12. The highest BCUT2D eigenvalue weighted by Gasteiger charge is 2.26. The van der Waals surface area contributed by atoms with E-state index >= 15 is 0 Å². The number of benzene rings is 1. The van der Waals surface area contributed by atoms with Crippen molar-refractivity contribution in [1.82, 2.24) is 0 Å². The van der Waals surface area contributed by atoms with Crippen LogP contribution >= 0.6 is 15.9 Å². The quantitative estimate of drug-likeness (QED) is 0.752. The van der Waals surface area contributed by atoms with Crippen LogP contribution in [0.1, 0.15) is 19.4 Å². The molecule has 0 radical (unpaired) electrons. The van der Waals surface area contributed by atoms with Gasteiger partial charge in [-0.05, 0) is 54.0 Å². The molecule has 1 aromatic rings. The largest absolute Gasteiger partial charge is 0.491 e. The Labute approximate surface area is 90.2 Å². The molecule has 0 amide bonds. The highest BCUT2D eigenvalue weighted by molar-refractivity contribution is 9.09. The standard InChI is InChI=1S/C10H11BrF2O/c1-7(2)14-9-5-3-8(4-6-9)10(11,12)13/h3-7H,1-2H3. The minimum absolute atomic E-state index is 0.0466. The second kappa shape index (κ2) is 4.26. The Morgan fingerprint density at radius 3 is 2.07 bits per heavy atom. The van der Waals surface area contributed by atoms with E-state index in [1.54, 1.807) is 0 Å². The lowest BCUT2D eigenvalue weighted by molar-refractivity contribution is 0.114. The third kappa shape index (κ3) is 3.25. The van der Waals surface area contributed by atoms with Gasteiger partial charge in [0.2, 0.25) is 0 Å². The minimum Gasteiger partial charge on any atom is -0.491 e. The maximum Gasteiger partial charge on any atom is 0.326 e. The Hall–Kier alpha value is -0.640. The first-order chi connectivity index (χ1) is 6.39. The highest BCUT2D eigenvalue weighted by atomic mass is 79.9. The Balaban J connectivity index is 2.79. The molecule has 0 saturated heterocycles. The first kappa shape index (κ1) is 11.4. The average Bonchev–Trinajstić information content (AvgIpc) is 2.02. The minimum atomic E-state index is -2.97. The summed E-state index contributed by atoms with van der Waals surface area (Å²) in [6.07, 6.45) is 0.0466. The molecule has 14 heavy (non-hydrogen) atoms. The molecule has 1 aromatic carbocycles. The van der Waals surface area contributed by atoms with Crippen LogP contribution in [-0.2, 0) is 4.83 Å². The molecule has 4 heteroatoms. The van der Waals surface area contributed by atoms with E-state index in [0.717, 1.165) is 0 Å². The zero-order valence-electron chi connectivity index (χ0n) is 7.93. The van der Waals surface area contributed by atoms with Crippen molar-refractivity contribution in [2.75, 3.05) is 0 Å². The average molecular weight is 265 g/mol. The summed E-state index contributed by atoms with van der Waals surface area (Å²) in [6.45, 7) is 3.76. The molecular weight excluding hydrogens is 254 g/mol. The molecule has 0 atom stereocenters. The van der Waals surface area contributed by atoms with Gasteiger partial charge >= 0.3 is 4.83 Å². The second-order valence-corrected chi connectivity index (χ2v) is 4.18. The van der Waals surface area contributed by atoms with Crippen LogP contribution < -0.4 is 4.74 Å². The number of hydrogen-bond donors (Lipinski definition) is 0. The summed E-state index contributed by atoms with van der Waals surface area (Å²) in [4.78, 5) is -2.97. The molecule has 1 nitrogen and oxygen atoms in total. The normalized spacial score (nSPS) is 11.9. The third-order valence-corrected chi connectivity index (χ3v) is 2.01. The van der Waals surface area contributed by atoms with Gasteiger partial charge in [-0.15, -0.1) is 0 Å². The van der Waals surface area contributed by atoms with Crippen LogP contribution in [0.3, 0.4) is 0 Å². The summed E-state index contributed by atoms with van der Waals surface area (Å²) >= 11 is 2.29. The molecule has 0 saturated carbocycles. The van der Waals surface area contributed by atoms with Gasteiger partial charge in [0.15, 0.2) is 0 Å². The van der Waals surface area contributed by atoms with Crippen LogP contribution in [-0.4, -0.2) is 6.10 Å². The Morgan fingerprint density at radius 2 is 1.71 bits per heavy atom. The smallest absolute Gasteiger partial charge is 0.326 e. The zero-order valence-corrected chi connectivity index (χ0v) is 9.51. The van der Waals surface area contributed by atoms with Crippen molar-refractivity contribution >= 4 is 15.9 Å². The van der Waals surface area contributed by atoms with E-state index in [0.29, 0.717) is 5.75 Å². The summed E-state index contributed by atoms with van der Waals surface area (Å²) in [5.74, 6) is 0.598. The predicted octanol–water partition coefficient (Wildman–Crippen LogP) is 3.92. The number of halogens is 3. The maximum atomic E-state index is 12.7. The predicted molar refractivity (Wildman–Crippen MR) is 55.0 cm³/mol. The Morgan fingerprint density at radius 1 is 1.21 bits per heavy atom. The first-order valence-electron chi connectivity index (χ1n) is 4.23.